The van der Waals surface area contributed by atoms with Crippen LogP contribution in [0.25, 0.3) is 0 Å². The standard InChI is InChI=1S/C13H9ClF2N2O3/c14-8-5-7(12(19)20)6-17-11(8)18-9-3-1-2-4-10(9)21-13(15)16/h1-6,13H,(H,17,18)(H,19,20). The number of alkyl halides is 2. The fraction of sp³-hybridized carbons (Fsp3) is 0.0769. The van der Waals surface area contributed by atoms with Crippen LogP contribution in [0.4, 0.5) is 20.3 Å². The van der Waals surface area contributed by atoms with Gasteiger partial charge in [0.05, 0.1) is 16.3 Å². The maximum absolute atomic E-state index is 12.3. The minimum Gasteiger partial charge on any atom is -0.478 e. The molecule has 0 aliphatic heterocycles. The molecule has 2 rings (SSSR count). The molecule has 2 N–H and O–H groups in total. The molecule has 1 heterocycles. The minimum absolute atomic E-state index is 0.0433. The molecular weight excluding hydrogens is 306 g/mol. The summed E-state index contributed by atoms with van der Waals surface area (Å²) in [7, 11) is 0. The third-order valence-corrected chi connectivity index (χ3v) is 2.73. The molecule has 0 radical (unpaired) electrons. The van der Waals surface area contributed by atoms with E-state index >= 15 is 0 Å². The van der Waals surface area contributed by atoms with E-state index in [4.69, 9.17) is 16.7 Å². The Morgan fingerprint density at radius 1 is 1.38 bits per heavy atom. The Hall–Kier alpha value is -2.41. The number of ether oxygens (including phenoxy) is 1. The van der Waals surface area contributed by atoms with E-state index in [1.807, 2.05) is 0 Å². The van der Waals surface area contributed by atoms with Crippen molar-refractivity contribution in [2.24, 2.45) is 0 Å². The average Bonchev–Trinajstić information content (AvgIpc) is 2.42. The van der Waals surface area contributed by atoms with Crippen LogP contribution in [-0.2, 0) is 0 Å². The van der Waals surface area contributed by atoms with Gasteiger partial charge in [0.15, 0.2) is 0 Å². The van der Waals surface area contributed by atoms with Gasteiger partial charge >= 0.3 is 12.6 Å². The lowest BCUT2D eigenvalue weighted by molar-refractivity contribution is -0.0493. The van der Waals surface area contributed by atoms with Crippen molar-refractivity contribution >= 4 is 29.1 Å². The first-order valence-corrected chi connectivity index (χ1v) is 6.05. The number of para-hydroxylation sites is 2. The highest BCUT2D eigenvalue weighted by atomic mass is 35.5. The van der Waals surface area contributed by atoms with Crippen LogP contribution in [-0.4, -0.2) is 22.7 Å². The monoisotopic (exact) mass is 314 g/mol. The van der Waals surface area contributed by atoms with Crippen molar-refractivity contribution in [1.29, 1.82) is 0 Å². The number of benzene rings is 1. The zero-order valence-electron chi connectivity index (χ0n) is 10.4. The number of pyridine rings is 1. The molecule has 0 spiro atoms. The highest BCUT2D eigenvalue weighted by Gasteiger charge is 2.12. The molecule has 5 nitrogen and oxygen atoms in total. The van der Waals surface area contributed by atoms with Gasteiger partial charge in [0.2, 0.25) is 0 Å². The molecule has 0 aliphatic rings. The van der Waals surface area contributed by atoms with Crippen LogP contribution in [0.3, 0.4) is 0 Å². The van der Waals surface area contributed by atoms with Gasteiger partial charge < -0.3 is 15.2 Å². The molecule has 1 aromatic carbocycles. The Morgan fingerprint density at radius 3 is 2.71 bits per heavy atom. The summed E-state index contributed by atoms with van der Waals surface area (Å²) in [5, 5.41) is 11.6. The lowest BCUT2D eigenvalue weighted by atomic mass is 10.2. The second kappa shape index (κ2) is 6.36. The quantitative estimate of drug-likeness (QED) is 0.878. The first kappa shape index (κ1) is 15.0. The van der Waals surface area contributed by atoms with Gasteiger partial charge in [0, 0.05) is 6.20 Å². The third kappa shape index (κ3) is 3.79. The molecule has 0 amide bonds. The second-order valence-corrected chi connectivity index (χ2v) is 4.27. The molecule has 0 fully saturated rings. The van der Waals surface area contributed by atoms with Gasteiger partial charge in [-0.2, -0.15) is 8.78 Å². The first-order chi connectivity index (χ1) is 9.97. The lowest BCUT2D eigenvalue weighted by Gasteiger charge is -2.12. The molecule has 0 saturated carbocycles. The predicted molar refractivity (Wildman–Crippen MR) is 72.6 cm³/mol. The average molecular weight is 315 g/mol. The van der Waals surface area contributed by atoms with Crippen LogP contribution >= 0.6 is 11.6 Å². The van der Waals surface area contributed by atoms with Crippen LogP contribution in [0.5, 0.6) is 5.75 Å². The van der Waals surface area contributed by atoms with Gasteiger partial charge in [-0.05, 0) is 18.2 Å². The van der Waals surface area contributed by atoms with E-state index in [1.54, 1.807) is 6.07 Å². The normalized spacial score (nSPS) is 10.5. The van der Waals surface area contributed by atoms with Gasteiger partial charge in [0.25, 0.3) is 0 Å². The Labute approximate surface area is 123 Å². The van der Waals surface area contributed by atoms with Crippen molar-refractivity contribution in [3.8, 4) is 5.75 Å². The van der Waals surface area contributed by atoms with Crippen LogP contribution in [0.15, 0.2) is 36.5 Å². The fourth-order valence-corrected chi connectivity index (χ4v) is 1.76. The number of carbonyl (C=O) groups is 1. The molecule has 2 aromatic rings. The molecule has 8 heteroatoms. The highest BCUT2D eigenvalue weighted by molar-refractivity contribution is 6.33. The minimum atomic E-state index is -2.97. The Kier molecular flexibility index (Phi) is 4.54. The number of rotatable bonds is 5. The van der Waals surface area contributed by atoms with E-state index in [0.717, 1.165) is 6.20 Å². The summed E-state index contributed by atoms with van der Waals surface area (Å²) < 4.78 is 29.0. The second-order valence-electron chi connectivity index (χ2n) is 3.86. The SMILES string of the molecule is O=C(O)c1cnc(Nc2ccccc2OC(F)F)c(Cl)c1. The molecule has 0 unspecified atom stereocenters. The number of carboxylic acids is 1. The molecule has 0 atom stereocenters. The summed E-state index contributed by atoms with van der Waals surface area (Å²) in [6.45, 7) is -2.97. The number of aromatic carboxylic acids is 1. The molecule has 0 saturated heterocycles. The number of carboxylic acid groups (broad SMARTS) is 1. The van der Waals surface area contributed by atoms with E-state index in [-0.39, 0.29) is 27.8 Å². The van der Waals surface area contributed by atoms with Crippen molar-refractivity contribution in [1.82, 2.24) is 4.98 Å². The summed E-state index contributed by atoms with van der Waals surface area (Å²) in [5.74, 6) is -1.11. The Morgan fingerprint density at radius 2 is 2.10 bits per heavy atom. The number of nitrogens with zero attached hydrogens (tertiary/aromatic N) is 1. The van der Waals surface area contributed by atoms with Gasteiger partial charge in [-0.25, -0.2) is 9.78 Å². The topological polar surface area (TPSA) is 71.5 Å². The van der Waals surface area contributed by atoms with E-state index in [9.17, 15) is 13.6 Å². The Bertz CT molecular complexity index is 668. The maximum atomic E-state index is 12.3. The summed E-state index contributed by atoms with van der Waals surface area (Å²) >= 11 is 5.90. The molecular formula is C13H9ClF2N2O3. The van der Waals surface area contributed by atoms with E-state index < -0.39 is 12.6 Å². The van der Waals surface area contributed by atoms with Crippen molar-refractivity contribution in [2.45, 2.75) is 6.61 Å². The maximum Gasteiger partial charge on any atom is 0.387 e. The number of anilines is 2. The smallest absolute Gasteiger partial charge is 0.387 e. The summed E-state index contributed by atoms with van der Waals surface area (Å²) in [4.78, 5) is 14.6. The number of hydrogen-bond donors (Lipinski definition) is 2. The summed E-state index contributed by atoms with van der Waals surface area (Å²) in [5.41, 5.74) is 0.151. The van der Waals surface area contributed by atoms with E-state index in [0.29, 0.717) is 0 Å². The van der Waals surface area contributed by atoms with Gasteiger partial charge in [0.1, 0.15) is 11.6 Å². The largest absolute Gasteiger partial charge is 0.478 e. The van der Waals surface area contributed by atoms with Crippen molar-refractivity contribution < 1.29 is 23.4 Å². The number of aromatic nitrogens is 1. The summed E-state index contributed by atoms with van der Waals surface area (Å²) in [6, 6.07) is 7.20. The van der Waals surface area contributed by atoms with Crippen molar-refractivity contribution in [3.05, 3.63) is 47.1 Å². The Balaban J connectivity index is 2.28. The zero-order chi connectivity index (χ0) is 15.4. The van der Waals surface area contributed by atoms with Gasteiger partial charge in [-0.15, -0.1) is 0 Å². The number of halogens is 3. The van der Waals surface area contributed by atoms with Crippen molar-refractivity contribution in [2.75, 3.05) is 5.32 Å². The number of nitrogens with one attached hydrogen (secondary N) is 1. The third-order valence-electron chi connectivity index (χ3n) is 2.44. The molecule has 1 aromatic heterocycles. The molecule has 21 heavy (non-hydrogen) atoms. The van der Waals surface area contributed by atoms with E-state index in [1.165, 1.54) is 24.3 Å². The molecule has 0 aliphatic carbocycles. The van der Waals surface area contributed by atoms with Crippen LogP contribution in [0, 0.1) is 0 Å². The zero-order valence-corrected chi connectivity index (χ0v) is 11.1. The highest BCUT2D eigenvalue weighted by Crippen LogP contribution is 2.31. The van der Waals surface area contributed by atoms with Crippen LogP contribution in [0.2, 0.25) is 5.02 Å². The van der Waals surface area contributed by atoms with Crippen LogP contribution in [0.1, 0.15) is 10.4 Å². The van der Waals surface area contributed by atoms with Crippen molar-refractivity contribution in [3.63, 3.8) is 0 Å². The lowest BCUT2D eigenvalue weighted by Crippen LogP contribution is -2.05. The van der Waals surface area contributed by atoms with E-state index in [2.05, 4.69) is 15.0 Å². The van der Waals surface area contributed by atoms with Gasteiger partial charge in [-0.3, -0.25) is 0 Å². The van der Waals surface area contributed by atoms with Gasteiger partial charge in [-0.1, -0.05) is 23.7 Å². The number of hydrogen-bond acceptors (Lipinski definition) is 4. The first-order valence-electron chi connectivity index (χ1n) is 5.67. The predicted octanol–water partition coefficient (Wildman–Crippen LogP) is 3.78. The fourth-order valence-electron chi connectivity index (χ4n) is 1.54. The summed E-state index contributed by atoms with van der Waals surface area (Å²) in [6.07, 6.45) is 1.10. The van der Waals surface area contributed by atoms with Crippen LogP contribution < -0.4 is 10.1 Å². The molecule has 0 bridgehead atoms. The molecule has 110 valence electrons.